The van der Waals surface area contributed by atoms with Crippen LogP contribution in [0.1, 0.15) is 44.9 Å². The van der Waals surface area contributed by atoms with Crippen LogP contribution in [0.4, 0.5) is 0 Å². The van der Waals surface area contributed by atoms with Crippen molar-refractivity contribution >= 4 is 0 Å². The van der Waals surface area contributed by atoms with E-state index < -0.39 is 0 Å². The minimum absolute atomic E-state index is 0. The van der Waals surface area contributed by atoms with E-state index in [0.29, 0.717) is 0 Å². The van der Waals surface area contributed by atoms with Gasteiger partial charge in [0.25, 0.3) is 0 Å². The highest BCUT2D eigenvalue weighted by atomic mass is 14.9. The van der Waals surface area contributed by atoms with Crippen LogP contribution < -0.4 is 11.5 Å². The maximum atomic E-state index is 3.63. The summed E-state index contributed by atoms with van der Waals surface area (Å²) < 4.78 is 0. The Bertz CT molecular complexity index is 115. The van der Waals surface area contributed by atoms with Crippen LogP contribution in [0.25, 0.3) is 0 Å². The third-order valence-corrected chi connectivity index (χ3v) is 3.00. The van der Waals surface area contributed by atoms with Crippen molar-refractivity contribution in [3.05, 3.63) is 0 Å². The zero-order valence-electron chi connectivity index (χ0n) is 8.02. The van der Waals surface area contributed by atoms with Crippen LogP contribution in [0.3, 0.4) is 0 Å². The number of rotatable bonds is 3. The smallest absolute Gasteiger partial charge is 0.00683 e. The summed E-state index contributed by atoms with van der Waals surface area (Å²) in [5.41, 5.74) is 0. The van der Waals surface area contributed by atoms with Crippen molar-refractivity contribution in [3.63, 3.8) is 0 Å². The van der Waals surface area contributed by atoms with Gasteiger partial charge in [-0.2, -0.15) is 0 Å². The minimum Gasteiger partial charge on any atom is -0.344 e. The second kappa shape index (κ2) is 4.83. The van der Waals surface area contributed by atoms with Crippen molar-refractivity contribution < 1.29 is 0 Å². The second-order valence-electron chi connectivity index (χ2n) is 4.19. The first-order valence-electron chi connectivity index (χ1n) is 5.18. The lowest BCUT2D eigenvalue weighted by molar-refractivity contribution is 0.341. The van der Waals surface area contributed by atoms with Crippen molar-refractivity contribution in [2.75, 3.05) is 6.54 Å². The highest BCUT2D eigenvalue weighted by Crippen LogP contribution is 2.25. The van der Waals surface area contributed by atoms with Crippen molar-refractivity contribution in [1.29, 1.82) is 0 Å². The fourth-order valence-electron chi connectivity index (χ4n) is 2.01. The van der Waals surface area contributed by atoms with Gasteiger partial charge in [-0.3, -0.25) is 0 Å². The number of hydrogen-bond acceptors (Lipinski definition) is 2. The van der Waals surface area contributed by atoms with Gasteiger partial charge in [0, 0.05) is 6.04 Å². The topological polar surface area (TPSA) is 47.0 Å². The van der Waals surface area contributed by atoms with Crippen LogP contribution in [0.5, 0.6) is 0 Å². The summed E-state index contributed by atoms with van der Waals surface area (Å²) in [7, 11) is 0. The summed E-state index contributed by atoms with van der Waals surface area (Å²) in [5, 5.41) is 3.63. The first kappa shape index (κ1) is 10.0. The third kappa shape index (κ3) is 3.11. The normalized spacial score (nSPS) is 25.0. The first-order chi connectivity index (χ1) is 5.45. The summed E-state index contributed by atoms with van der Waals surface area (Å²) in [5.74, 6) is 1.02. The maximum Gasteiger partial charge on any atom is 0.00683 e. The van der Waals surface area contributed by atoms with E-state index in [2.05, 4.69) is 5.32 Å². The largest absolute Gasteiger partial charge is 0.344 e. The molecule has 0 bridgehead atoms. The average Bonchev–Trinajstić information content (AvgIpc) is 2.86. The van der Waals surface area contributed by atoms with Gasteiger partial charge in [0.15, 0.2) is 0 Å². The molecule has 0 spiro atoms. The molecule has 0 aromatic rings. The summed E-state index contributed by atoms with van der Waals surface area (Å²) in [6.07, 6.45) is 10.3. The Hall–Kier alpha value is -0.0800. The molecule has 72 valence electrons. The van der Waals surface area contributed by atoms with Crippen LogP contribution >= 0.6 is 0 Å². The monoisotopic (exact) mass is 170 g/mol. The van der Waals surface area contributed by atoms with Gasteiger partial charge >= 0.3 is 0 Å². The quantitative estimate of drug-likeness (QED) is 0.683. The standard InChI is InChI=1S/C10H19N.H3N/c1-2-4-9(5-3-1)8-11-10-6-7-10;/h9-11H,1-8H2;1H3. The Morgan fingerprint density at radius 2 is 1.58 bits per heavy atom. The van der Waals surface area contributed by atoms with E-state index in [4.69, 9.17) is 0 Å². The molecular formula is C10H22N2. The molecule has 2 rings (SSSR count). The molecule has 2 aliphatic rings. The highest BCUT2D eigenvalue weighted by Gasteiger charge is 2.22. The van der Waals surface area contributed by atoms with Crippen molar-refractivity contribution in [1.82, 2.24) is 11.5 Å². The van der Waals surface area contributed by atoms with Crippen LogP contribution in [0, 0.1) is 5.92 Å². The molecular weight excluding hydrogens is 148 g/mol. The molecule has 2 saturated carbocycles. The van der Waals surface area contributed by atoms with E-state index in [1.165, 1.54) is 51.5 Å². The van der Waals surface area contributed by atoms with Crippen LogP contribution in [-0.4, -0.2) is 12.6 Å². The van der Waals surface area contributed by atoms with E-state index in [1.54, 1.807) is 0 Å². The predicted octanol–water partition coefficient (Wildman–Crippen LogP) is 2.48. The van der Waals surface area contributed by atoms with Crippen LogP contribution in [-0.2, 0) is 0 Å². The van der Waals surface area contributed by atoms with Gasteiger partial charge in [-0.15, -0.1) is 0 Å². The maximum absolute atomic E-state index is 3.63. The summed E-state index contributed by atoms with van der Waals surface area (Å²) in [4.78, 5) is 0. The fraction of sp³-hybridized carbons (Fsp3) is 1.00. The minimum atomic E-state index is 0. The Balaban J connectivity index is 0.000000720. The fourth-order valence-corrected chi connectivity index (χ4v) is 2.01. The van der Waals surface area contributed by atoms with Gasteiger partial charge < -0.3 is 11.5 Å². The van der Waals surface area contributed by atoms with Gasteiger partial charge in [-0.1, -0.05) is 19.3 Å². The molecule has 2 nitrogen and oxygen atoms in total. The molecule has 0 aromatic carbocycles. The molecule has 2 fully saturated rings. The zero-order chi connectivity index (χ0) is 7.52. The average molecular weight is 170 g/mol. The highest BCUT2D eigenvalue weighted by molar-refractivity contribution is 4.82. The van der Waals surface area contributed by atoms with Crippen LogP contribution in [0.2, 0.25) is 0 Å². The molecule has 2 heteroatoms. The Kier molecular flexibility index (Phi) is 4.02. The molecule has 0 saturated heterocycles. The Labute approximate surface area is 75.7 Å². The molecule has 2 aliphatic carbocycles. The van der Waals surface area contributed by atoms with Gasteiger partial charge in [0.1, 0.15) is 0 Å². The van der Waals surface area contributed by atoms with Gasteiger partial charge in [0.05, 0.1) is 0 Å². The van der Waals surface area contributed by atoms with Gasteiger partial charge in [-0.05, 0) is 38.1 Å². The molecule has 0 heterocycles. The number of hydrogen-bond donors (Lipinski definition) is 2. The molecule has 0 radical (unpaired) electrons. The van der Waals surface area contributed by atoms with Crippen molar-refractivity contribution in [2.24, 2.45) is 5.92 Å². The number of nitrogens with one attached hydrogen (secondary N) is 1. The molecule has 12 heavy (non-hydrogen) atoms. The van der Waals surface area contributed by atoms with Crippen molar-refractivity contribution in [2.45, 2.75) is 51.0 Å². The van der Waals surface area contributed by atoms with Gasteiger partial charge in [-0.25, -0.2) is 0 Å². The molecule has 4 N–H and O–H groups in total. The van der Waals surface area contributed by atoms with E-state index in [0.717, 1.165) is 12.0 Å². The summed E-state index contributed by atoms with van der Waals surface area (Å²) >= 11 is 0. The van der Waals surface area contributed by atoms with E-state index in [9.17, 15) is 0 Å². The molecule has 0 aliphatic heterocycles. The Morgan fingerprint density at radius 3 is 2.17 bits per heavy atom. The van der Waals surface area contributed by atoms with Crippen LogP contribution in [0.15, 0.2) is 0 Å². The summed E-state index contributed by atoms with van der Waals surface area (Å²) in [6.45, 7) is 1.31. The molecule has 0 aromatic heterocycles. The molecule has 0 atom stereocenters. The lowest BCUT2D eigenvalue weighted by atomic mass is 9.89. The zero-order valence-corrected chi connectivity index (χ0v) is 8.02. The third-order valence-electron chi connectivity index (χ3n) is 3.00. The SMILES string of the molecule is C1CCC(CNC2CC2)CC1.N. The van der Waals surface area contributed by atoms with E-state index in [1.807, 2.05) is 0 Å². The first-order valence-corrected chi connectivity index (χ1v) is 5.18. The van der Waals surface area contributed by atoms with E-state index >= 15 is 0 Å². The molecule has 0 amide bonds. The van der Waals surface area contributed by atoms with Crippen molar-refractivity contribution in [3.8, 4) is 0 Å². The lowest BCUT2D eigenvalue weighted by Crippen LogP contribution is -2.25. The second-order valence-corrected chi connectivity index (χ2v) is 4.19. The Morgan fingerprint density at radius 1 is 0.917 bits per heavy atom. The lowest BCUT2D eigenvalue weighted by Gasteiger charge is -2.21. The van der Waals surface area contributed by atoms with E-state index in [-0.39, 0.29) is 6.15 Å². The van der Waals surface area contributed by atoms with Gasteiger partial charge in [0.2, 0.25) is 0 Å². The predicted molar refractivity (Wildman–Crippen MR) is 52.6 cm³/mol. The molecule has 0 unspecified atom stereocenters. The summed E-state index contributed by atoms with van der Waals surface area (Å²) in [6, 6.07) is 0.914.